The standard InChI is InChI=1S/C24H26N4O2S/c1-16(29)26-20-10-11-28(15-20)14-17-4-6-18(7-5-17)24(30)27-22-13-19(8-9-21(22)25)23-3-2-12-31-23/h2-9,12-13,20H,10-11,14-15,25H2,1H3,(H,26,29)(H,27,30)/t20-/m0/s1. The number of hydrogen-bond acceptors (Lipinski definition) is 5. The second-order valence-electron chi connectivity index (χ2n) is 7.85. The van der Waals surface area contributed by atoms with Gasteiger partial charge < -0.3 is 16.4 Å². The average Bonchev–Trinajstić information content (AvgIpc) is 3.42. The minimum atomic E-state index is -0.187. The minimum Gasteiger partial charge on any atom is -0.397 e. The number of nitrogens with one attached hydrogen (secondary N) is 2. The molecule has 0 radical (unpaired) electrons. The van der Waals surface area contributed by atoms with Gasteiger partial charge in [-0.05, 0) is 53.3 Å². The van der Waals surface area contributed by atoms with Crippen LogP contribution in [0.25, 0.3) is 10.4 Å². The summed E-state index contributed by atoms with van der Waals surface area (Å²) >= 11 is 1.65. The molecular weight excluding hydrogens is 408 g/mol. The van der Waals surface area contributed by atoms with Crippen molar-refractivity contribution >= 4 is 34.5 Å². The molecule has 1 aliphatic rings. The van der Waals surface area contributed by atoms with Crippen LogP contribution in [-0.2, 0) is 11.3 Å². The third kappa shape index (κ3) is 5.31. The highest BCUT2D eigenvalue weighted by atomic mass is 32.1. The second kappa shape index (κ2) is 9.32. The van der Waals surface area contributed by atoms with Crippen LogP contribution < -0.4 is 16.4 Å². The first-order valence-corrected chi connectivity index (χ1v) is 11.2. The SMILES string of the molecule is CC(=O)N[C@H]1CCN(Cc2ccc(C(=O)Nc3cc(-c4cccs4)ccc3N)cc2)C1. The molecule has 0 bridgehead atoms. The van der Waals surface area contributed by atoms with Crippen LogP contribution in [0, 0.1) is 0 Å². The molecule has 1 aliphatic heterocycles. The lowest BCUT2D eigenvalue weighted by molar-refractivity contribution is -0.119. The lowest BCUT2D eigenvalue weighted by Gasteiger charge is -2.16. The van der Waals surface area contributed by atoms with E-state index in [-0.39, 0.29) is 17.9 Å². The van der Waals surface area contributed by atoms with Gasteiger partial charge in [-0.15, -0.1) is 11.3 Å². The van der Waals surface area contributed by atoms with Crippen LogP contribution in [0.1, 0.15) is 29.3 Å². The fraction of sp³-hybridized carbons (Fsp3) is 0.250. The average molecular weight is 435 g/mol. The Morgan fingerprint density at radius 3 is 2.68 bits per heavy atom. The molecule has 6 nitrogen and oxygen atoms in total. The summed E-state index contributed by atoms with van der Waals surface area (Å²) in [4.78, 5) is 27.4. The quantitative estimate of drug-likeness (QED) is 0.513. The number of rotatable bonds is 6. The maximum absolute atomic E-state index is 12.8. The third-order valence-electron chi connectivity index (χ3n) is 5.41. The molecule has 1 atom stereocenters. The summed E-state index contributed by atoms with van der Waals surface area (Å²) in [6, 6.07) is 17.6. The number of amides is 2. The number of nitrogens with zero attached hydrogens (tertiary/aromatic N) is 1. The highest BCUT2D eigenvalue weighted by molar-refractivity contribution is 7.13. The molecule has 1 fully saturated rings. The molecule has 7 heteroatoms. The summed E-state index contributed by atoms with van der Waals surface area (Å²) in [6.45, 7) is 4.15. The number of thiophene rings is 1. The Morgan fingerprint density at radius 1 is 1.16 bits per heavy atom. The van der Waals surface area contributed by atoms with E-state index in [4.69, 9.17) is 5.73 Å². The number of hydrogen-bond donors (Lipinski definition) is 3. The van der Waals surface area contributed by atoms with Gasteiger partial charge in [-0.2, -0.15) is 0 Å². The number of nitrogen functional groups attached to an aromatic ring is 1. The van der Waals surface area contributed by atoms with Gasteiger partial charge in [0.1, 0.15) is 0 Å². The number of carbonyl (C=O) groups is 2. The van der Waals surface area contributed by atoms with Gasteiger partial charge >= 0.3 is 0 Å². The van der Waals surface area contributed by atoms with Crippen LogP contribution in [0.3, 0.4) is 0 Å². The Hall–Kier alpha value is -3.16. The largest absolute Gasteiger partial charge is 0.397 e. The Kier molecular flexibility index (Phi) is 6.34. The molecule has 1 saturated heterocycles. The van der Waals surface area contributed by atoms with Crippen molar-refractivity contribution in [2.45, 2.75) is 25.9 Å². The molecule has 160 valence electrons. The van der Waals surface area contributed by atoms with Crippen molar-refractivity contribution in [1.29, 1.82) is 0 Å². The molecule has 31 heavy (non-hydrogen) atoms. The van der Waals surface area contributed by atoms with Gasteiger partial charge in [0.15, 0.2) is 0 Å². The fourth-order valence-corrected chi connectivity index (χ4v) is 4.58. The van der Waals surface area contributed by atoms with Crippen molar-refractivity contribution in [2.75, 3.05) is 24.1 Å². The first kappa shape index (κ1) is 21.1. The zero-order valence-corrected chi connectivity index (χ0v) is 18.2. The fourth-order valence-electron chi connectivity index (χ4n) is 3.86. The van der Waals surface area contributed by atoms with Crippen molar-refractivity contribution < 1.29 is 9.59 Å². The zero-order chi connectivity index (χ0) is 21.8. The molecule has 0 saturated carbocycles. The molecule has 2 aromatic carbocycles. The predicted octanol–water partition coefficient (Wildman–Crippen LogP) is 3.96. The zero-order valence-electron chi connectivity index (χ0n) is 17.4. The maximum Gasteiger partial charge on any atom is 0.255 e. The van der Waals surface area contributed by atoms with Gasteiger partial charge in [0, 0.05) is 43.0 Å². The highest BCUT2D eigenvalue weighted by Crippen LogP contribution is 2.30. The third-order valence-corrected chi connectivity index (χ3v) is 6.33. The number of anilines is 2. The van der Waals surface area contributed by atoms with Crippen LogP contribution >= 0.6 is 11.3 Å². The summed E-state index contributed by atoms with van der Waals surface area (Å²) in [7, 11) is 0. The summed E-state index contributed by atoms with van der Waals surface area (Å²) in [5, 5.41) is 7.94. The Bertz CT molecular complexity index is 1060. The molecule has 0 unspecified atom stereocenters. The van der Waals surface area contributed by atoms with Gasteiger partial charge in [-0.25, -0.2) is 0 Å². The van der Waals surface area contributed by atoms with Crippen molar-refractivity contribution in [1.82, 2.24) is 10.2 Å². The van der Waals surface area contributed by atoms with Gasteiger partial charge in [-0.1, -0.05) is 24.3 Å². The highest BCUT2D eigenvalue weighted by Gasteiger charge is 2.22. The van der Waals surface area contributed by atoms with Gasteiger partial charge in [0.2, 0.25) is 5.91 Å². The predicted molar refractivity (Wildman–Crippen MR) is 126 cm³/mol. The van der Waals surface area contributed by atoms with Crippen LogP contribution in [0.4, 0.5) is 11.4 Å². The van der Waals surface area contributed by atoms with E-state index in [1.54, 1.807) is 18.3 Å². The van der Waals surface area contributed by atoms with Crippen molar-refractivity contribution in [3.63, 3.8) is 0 Å². The first-order valence-electron chi connectivity index (χ1n) is 10.3. The molecule has 2 heterocycles. The molecule has 0 spiro atoms. The van der Waals surface area contributed by atoms with E-state index < -0.39 is 0 Å². The number of carbonyl (C=O) groups excluding carboxylic acids is 2. The lowest BCUT2D eigenvalue weighted by atomic mass is 10.1. The molecule has 2 amide bonds. The van der Waals surface area contributed by atoms with Gasteiger partial charge in [0.05, 0.1) is 11.4 Å². The second-order valence-corrected chi connectivity index (χ2v) is 8.80. The van der Waals surface area contributed by atoms with E-state index in [1.165, 1.54) is 0 Å². The van der Waals surface area contributed by atoms with Crippen LogP contribution in [-0.4, -0.2) is 35.8 Å². The lowest BCUT2D eigenvalue weighted by Crippen LogP contribution is -2.35. The van der Waals surface area contributed by atoms with Crippen molar-refractivity contribution in [3.05, 3.63) is 71.1 Å². The van der Waals surface area contributed by atoms with Gasteiger partial charge in [0.25, 0.3) is 5.91 Å². The monoisotopic (exact) mass is 434 g/mol. The van der Waals surface area contributed by atoms with Crippen molar-refractivity contribution in [2.24, 2.45) is 0 Å². The van der Waals surface area contributed by atoms with Crippen molar-refractivity contribution in [3.8, 4) is 10.4 Å². The number of benzene rings is 2. The summed E-state index contributed by atoms with van der Waals surface area (Å²) in [6.07, 6.45) is 0.964. The number of nitrogens with two attached hydrogens (primary N) is 1. The van der Waals surface area contributed by atoms with E-state index in [0.29, 0.717) is 16.9 Å². The van der Waals surface area contributed by atoms with E-state index in [2.05, 4.69) is 15.5 Å². The summed E-state index contributed by atoms with van der Waals surface area (Å²) in [5.74, 6) is -0.169. The van der Waals surface area contributed by atoms with E-state index >= 15 is 0 Å². The van der Waals surface area contributed by atoms with Crippen LogP contribution in [0.2, 0.25) is 0 Å². The summed E-state index contributed by atoms with van der Waals surface area (Å²) < 4.78 is 0. The molecule has 1 aromatic heterocycles. The Balaban J connectivity index is 1.38. The Labute approximate surface area is 186 Å². The van der Waals surface area contributed by atoms with E-state index in [1.807, 2.05) is 60.0 Å². The van der Waals surface area contributed by atoms with E-state index in [9.17, 15) is 9.59 Å². The van der Waals surface area contributed by atoms with Gasteiger partial charge in [-0.3, -0.25) is 14.5 Å². The van der Waals surface area contributed by atoms with Crippen LogP contribution in [0.15, 0.2) is 60.0 Å². The topological polar surface area (TPSA) is 87.5 Å². The van der Waals surface area contributed by atoms with E-state index in [0.717, 1.165) is 42.1 Å². The Morgan fingerprint density at radius 2 is 1.97 bits per heavy atom. The number of likely N-dealkylation sites (tertiary alicyclic amines) is 1. The smallest absolute Gasteiger partial charge is 0.255 e. The summed E-state index contributed by atoms with van der Waals surface area (Å²) in [5.41, 5.74) is 9.98. The molecule has 0 aliphatic carbocycles. The molecular formula is C24H26N4O2S. The maximum atomic E-state index is 12.8. The minimum absolute atomic E-state index is 0.0174. The molecule has 4 N–H and O–H groups in total. The normalized spacial score (nSPS) is 16.2. The first-order chi connectivity index (χ1) is 15.0. The molecule has 4 rings (SSSR count). The van der Waals surface area contributed by atoms with Crippen LogP contribution in [0.5, 0.6) is 0 Å². The molecule has 3 aromatic rings.